The van der Waals surface area contributed by atoms with Crippen LogP contribution in [0.2, 0.25) is 0 Å². The smallest absolute Gasteiger partial charge is 0.306 e. The Morgan fingerprint density at radius 3 is 2.58 bits per heavy atom. The molecular weight excluding hydrogens is 247 g/mol. The third-order valence-electron chi connectivity index (χ3n) is 3.72. The summed E-state index contributed by atoms with van der Waals surface area (Å²) in [6.45, 7) is 3.01. The van der Waals surface area contributed by atoms with Crippen molar-refractivity contribution < 1.29 is 14.3 Å². The topological polar surface area (TPSA) is 66.6 Å². The van der Waals surface area contributed by atoms with Crippen LogP contribution in [0, 0.1) is 11.7 Å². The zero-order chi connectivity index (χ0) is 14.0. The van der Waals surface area contributed by atoms with Gasteiger partial charge in [0.15, 0.2) is 0 Å². The number of piperidine rings is 1. The molecule has 1 aliphatic heterocycles. The fourth-order valence-corrected chi connectivity index (χ4v) is 2.57. The molecule has 0 unspecified atom stereocenters. The monoisotopic (exact) mass is 266 g/mol. The van der Waals surface area contributed by atoms with Gasteiger partial charge in [0.2, 0.25) is 0 Å². The van der Waals surface area contributed by atoms with Crippen molar-refractivity contribution in [2.24, 2.45) is 5.92 Å². The summed E-state index contributed by atoms with van der Waals surface area (Å²) in [5.74, 6) is -1.41. The minimum absolute atomic E-state index is 0.314. The van der Waals surface area contributed by atoms with Crippen LogP contribution in [0.15, 0.2) is 12.1 Å². The first kappa shape index (κ1) is 13.6. The molecule has 1 aromatic rings. The summed E-state index contributed by atoms with van der Waals surface area (Å²) in [5.41, 5.74) is 7.65. The minimum atomic E-state index is -0.769. The quantitative estimate of drug-likeness (QED) is 0.824. The molecule has 1 fully saturated rings. The van der Waals surface area contributed by atoms with E-state index in [-0.39, 0.29) is 11.7 Å². The summed E-state index contributed by atoms with van der Waals surface area (Å²) < 4.78 is 14.1. The summed E-state index contributed by atoms with van der Waals surface area (Å²) in [6, 6.07) is 3.30. The Bertz CT molecular complexity index is 459. The summed E-state index contributed by atoms with van der Waals surface area (Å²) in [5, 5.41) is 8.96. The van der Waals surface area contributed by atoms with Gasteiger partial charge < -0.3 is 15.7 Å². The molecule has 1 aromatic carbocycles. The molecular formula is C14H19FN2O2. The molecule has 0 amide bonds. The van der Waals surface area contributed by atoms with E-state index in [0.29, 0.717) is 37.3 Å². The van der Waals surface area contributed by atoms with E-state index in [4.69, 9.17) is 10.8 Å². The molecule has 104 valence electrons. The zero-order valence-electron chi connectivity index (χ0n) is 11.0. The van der Waals surface area contributed by atoms with Crippen molar-refractivity contribution in [2.75, 3.05) is 23.7 Å². The number of anilines is 2. The van der Waals surface area contributed by atoms with Crippen molar-refractivity contribution in [2.45, 2.75) is 26.2 Å². The third kappa shape index (κ3) is 2.80. The summed E-state index contributed by atoms with van der Waals surface area (Å²) in [7, 11) is 0. The molecule has 19 heavy (non-hydrogen) atoms. The van der Waals surface area contributed by atoms with Crippen LogP contribution < -0.4 is 10.6 Å². The van der Waals surface area contributed by atoms with Crippen molar-refractivity contribution in [1.82, 2.24) is 0 Å². The normalized spacial score (nSPS) is 16.6. The van der Waals surface area contributed by atoms with Crippen molar-refractivity contribution in [3.63, 3.8) is 0 Å². The number of carboxylic acids is 1. The van der Waals surface area contributed by atoms with Crippen molar-refractivity contribution >= 4 is 17.3 Å². The Labute approximate surface area is 112 Å². The van der Waals surface area contributed by atoms with Crippen molar-refractivity contribution in [3.05, 3.63) is 23.5 Å². The van der Waals surface area contributed by atoms with Gasteiger partial charge in [-0.25, -0.2) is 4.39 Å². The van der Waals surface area contributed by atoms with Crippen LogP contribution in [0.4, 0.5) is 15.8 Å². The number of aryl methyl sites for hydroxylation is 1. The Balaban J connectivity index is 2.18. The highest BCUT2D eigenvalue weighted by Crippen LogP contribution is 2.32. The second kappa shape index (κ2) is 5.47. The molecule has 1 saturated heterocycles. The van der Waals surface area contributed by atoms with Gasteiger partial charge in [-0.3, -0.25) is 4.79 Å². The number of halogens is 1. The molecule has 1 heterocycles. The van der Waals surface area contributed by atoms with Crippen LogP contribution in [0.3, 0.4) is 0 Å². The summed E-state index contributed by atoms with van der Waals surface area (Å²) in [6.07, 6.45) is 1.80. The van der Waals surface area contributed by atoms with E-state index in [0.717, 1.165) is 12.0 Å². The second-order valence-electron chi connectivity index (χ2n) is 4.97. The second-order valence-corrected chi connectivity index (χ2v) is 4.97. The highest BCUT2D eigenvalue weighted by molar-refractivity contribution is 5.72. The van der Waals surface area contributed by atoms with Gasteiger partial charge in [-0.1, -0.05) is 6.92 Å². The number of nitrogen functional groups attached to an aromatic ring is 1. The number of benzene rings is 1. The van der Waals surface area contributed by atoms with E-state index in [2.05, 4.69) is 0 Å². The molecule has 0 spiro atoms. The number of aliphatic carboxylic acids is 1. The first-order valence-electron chi connectivity index (χ1n) is 6.58. The molecule has 2 rings (SSSR count). The van der Waals surface area contributed by atoms with E-state index in [1.165, 1.54) is 6.07 Å². The van der Waals surface area contributed by atoms with Crippen LogP contribution in [0.25, 0.3) is 0 Å². The van der Waals surface area contributed by atoms with E-state index in [1.807, 2.05) is 11.8 Å². The van der Waals surface area contributed by atoms with Gasteiger partial charge >= 0.3 is 5.97 Å². The molecule has 3 N–H and O–H groups in total. The van der Waals surface area contributed by atoms with E-state index in [1.54, 1.807) is 6.07 Å². The highest BCUT2D eigenvalue weighted by atomic mass is 19.1. The molecule has 0 radical (unpaired) electrons. The maximum absolute atomic E-state index is 14.1. The third-order valence-corrected chi connectivity index (χ3v) is 3.72. The summed E-state index contributed by atoms with van der Waals surface area (Å²) >= 11 is 0. The van der Waals surface area contributed by atoms with Crippen LogP contribution in [0.5, 0.6) is 0 Å². The molecule has 0 bridgehead atoms. The molecule has 0 atom stereocenters. The fraction of sp³-hybridized carbons (Fsp3) is 0.500. The summed E-state index contributed by atoms with van der Waals surface area (Å²) in [4.78, 5) is 12.7. The van der Waals surface area contributed by atoms with Gasteiger partial charge in [-0.15, -0.1) is 0 Å². The predicted octanol–water partition coefficient (Wildman–Crippen LogP) is 2.27. The van der Waals surface area contributed by atoms with Crippen molar-refractivity contribution in [3.8, 4) is 0 Å². The number of nitrogens with zero attached hydrogens (tertiary/aromatic N) is 1. The molecule has 0 aliphatic carbocycles. The van der Waals surface area contributed by atoms with E-state index in [9.17, 15) is 9.18 Å². The Kier molecular flexibility index (Phi) is 3.93. The largest absolute Gasteiger partial charge is 0.481 e. The Hall–Kier alpha value is -1.78. The first-order chi connectivity index (χ1) is 9.02. The minimum Gasteiger partial charge on any atom is -0.481 e. The standard InChI is InChI=1S/C14H19FN2O2/c1-2-9-7-11(15)13(12(16)8-9)17-5-3-10(4-6-17)14(18)19/h7-8,10H,2-6,16H2,1H3,(H,18,19). The highest BCUT2D eigenvalue weighted by Gasteiger charge is 2.26. The lowest BCUT2D eigenvalue weighted by Gasteiger charge is -2.33. The number of hydrogen-bond donors (Lipinski definition) is 2. The molecule has 0 aromatic heterocycles. The maximum Gasteiger partial charge on any atom is 0.306 e. The number of carbonyl (C=O) groups is 1. The first-order valence-corrected chi connectivity index (χ1v) is 6.58. The Morgan fingerprint density at radius 1 is 1.47 bits per heavy atom. The van der Waals surface area contributed by atoms with Gasteiger partial charge in [0.25, 0.3) is 0 Å². The van der Waals surface area contributed by atoms with Crippen LogP contribution in [0.1, 0.15) is 25.3 Å². The number of carboxylic acid groups (broad SMARTS) is 1. The zero-order valence-corrected chi connectivity index (χ0v) is 11.0. The van der Waals surface area contributed by atoms with Crippen LogP contribution >= 0.6 is 0 Å². The van der Waals surface area contributed by atoms with Gasteiger partial charge in [0, 0.05) is 13.1 Å². The number of hydrogen-bond acceptors (Lipinski definition) is 3. The van der Waals surface area contributed by atoms with E-state index >= 15 is 0 Å². The van der Waals surface area contributed by atoms with Crippen molar-refractivity contribution in [1.29, 1.82) is 0 Å². The van der Waals surface area contributed by atoms with Crippen LogP contribution in [-0.4, -0.2) is 24.2 Å². The lowest BCUT2D eigenvalue weighted by molar-refractivity contribution is -0.142. The fourth-order valence-electron chi connectivity index (χ4n) is 2.57. The van der Waals surface area contributed by atoms with Gasteiger partial charge in [-0.2, -0.15) is 0 Å². The van der Waals surface area contributed by atoms with Gasteiger partial charge in [0.1, 0.15) is 5.82 Å². The average molecular weight is 266 g/mol. The Morgan fingerprint density at radius 2 is 2.11 bits per heavy atom. The average Bonchev–Trinajstić information content (AvgIpc) is 2.38. The lowest BCUT2D eigenvalue weighted by Crippen LogP contribution is -2.37. The van der Waals surface area contributed by atoms with Gasteiger partial charge in [-0.05, 0) is 37.0 Å². The molecule has 0 saturated carbocycles. The number of nitrogens with two attached hydrogens (primary N) is 1. The predicted molar refractivity (Wildman–Crippen MR) is 72.8 cm³/mol. The molecule has 4 nitrogen and oxygen atoms in total. The lowest BCUT2D eigenvalue weighted by atomic mass is 9.96. The van der Waals surface area contributed by atoms with E-state index < -0.39 is 5.97 Å². The molecule has 5 heteroatoms. The maximum atomic E-state index is 14.1. The number of rotatable bonds is 3. The SMILES string of the molecule is CCc1cc(N)c(N2CCC(C(=O)O)CC2)c(F)c1. The van der Waals surface area contributed by atoms with Crippen LogP contribution in [-0.2, 0) is 11.2 Å². The molecule has 1 aliphatic rings. The van der Waals surface area contributed by atoms with Gasteiger partial charge in [0.05, 0.1) is 17.3 Å².